The zero-order valence-electron chi connectivity index (χ0n) is 8.03. The fraction of sp³-hybridized carbons (Fsp3) is 0.750. The Bertz CT molecular complexity index is 196. The van der Waals surface area contributed by atoms with Crippen molar-refractivity contribution in [1.29, 1.82) is 0 Å². The van der Waals surface area contributed by atoms with Crippen molar-refractivity contribution in [2.45, 2.75) is 31.3 Å². The number of aliphatic carboxylic acids is 1. The summed E-state index contributed by atoms with van der Waals surface area (Å²) in [7, 11) is 0. The van der Waals surface area contributed by atoms with E-state index in [1.54, 1.807) is 13.8 Å². The molecule has 4 nitrogen and oxygen atoms in total. The first-order chi connectivity index (χ1) is 5.99. The molecule has 0 aromatic rings. The van der Waals surface area contributed by atoms with Gasteiger partial charge in [0.2, 0.25) is 5.91 Å². The van der Waals surface area contributed by atoms with Crippen molar-refractivity contribution < 1.29 is 14.7 Å². The predicted molar refractivity (Wildman–Crippen MR) is 52.8 cm³/mol. The highest BCUT2D eigenvalue weighted by atomic mass is 32.2. The molecular formula is C8H15NO3S. The summed E-state index contributed by atoms with van der Waals surface area (Å²) in [5.41, 5.74) is 0. The number of amides is 1. The average molecular weight is 205 g/mol. The average Bonchev–Trinajstić information content (AvgIpc) is 2.04. The summed E-state index contributed by atoms with van der Waals surface area (Å²) in [6, 6.07) is 0. The Morgan fingerprint density at radius 2 is 1.92 bits per heavy atom. The largest absolute Gasteiger partial charge is 0.480 e. The van der Waals surface area contributed by atoms with Crippen LogP contribution >= 0.6 is 11.8 Å². The van der Waals surface area contributed by atoms with E-state index in [2.05, 4.69) is 5.32 Å². The third-order valence-electron chi connectivity index (χ3n) is 1.48. The van der Waals surface area contributed by atoms with Crippen LogP contribution in [0.15, 0.2) is 0 Å². The number of hydrogen-bond donors (Lipinski definition) is 2. The first-order valence-corrected chi connectivity index (χ1v) is 5.09. The third kappa shape index (κ3) is 4.77. The van der Waals surface area contributed by atoms with Crippen LogP contribution in [0.5, 0.6) is 0 Å². The van der Waals surface area contributed by atoms with Gasteiger partial charge in [-0.15, -0.1) is 11.8 Å². The molecule has 0 rings (SSSR count). The van der Waals surface area contributed by atoms with Gasteiger partial charge in [0.15, 0.2) is 0 Å². The minimum absolute atomic E-state index is 0.111. The molecule has 0 aliphatic rings. The number of carboxylic acid groups (broad SMARTS) is 1. The molecule has 1 amide bonds. The van der Waals surface area contributed by atoms with Crippen LogP contribution < -0.4 is 5.32 Å². The molecule has 0 aromatic heterocycles. The lowest BCUT2D eigenvalue weighted by molar-refractivity contribution is -0.136. The monoisotopic (exact) mass is 205 g/mol. The van der Waals surface area contributed by atoms with E-state index in [4.69, 9.17) is 5.11 Å². The number of carbonyl (C=O) groups excluding carboxylic acids is 1. The Hall–Kier alpha value is -0.710. The van der Waals surface area contributed by atoms with Crippen LogP contribution in [0.2, 0.25) is 0 Å². The summed E-state index contributed by atoms with van der Waals surface area (Å²) in [6.07, 6.45) is 0. The van der Waals surface area contributed by atoms with Crippen LogP contribution in [0.1, 0.15) is 20.8 Å². The number of thioether (sulfide) groups is 1. The van der Waals surface area contributed by atoms with Crippen LogP contribution in [-0.4, -0.2) is 34.0 Å². The molecule has 0 unspecified atom stereocenters. The highest BCUT2D eigenvalue weighted by molar-refractivity contribution is 8.01. The maximum Gasteiger partial charge on any atom is 0.316 e. The Morgan fingerprint density at radius 3 is 2.31 bits per heavy atom. The minimum atomic E-state index is -0.888. The summed E-state index contributed by atoms with van der Waals surface area (Å²) in [5.74, 6) is -0.998. The normalized spacial score (nSPS) is 14.7. The predicted octanol–water partition coefficient (Wildman–Crippen LogP) is 0.717. The maximum absolute atomic E-state index is 11.2. The van der Waals surface area contributed by atoms with Gasteiger partial charge in [0.1, 0.15) is 5.25 Å². The highest BCUT2D eigenvalue weighted by Crippen LogP contribution is 2.17. The lowest BCUT2D eigenvalue weighted by Gasteiger charge is -2.13. The maximum atomic E-state index is 11.2. The molecule has 0 heterocycles. The number of hydrogen-bond acceptors (Lipinski definition) is 3. The van der Waals surface area contributed by atoms with Crippen LogP contribution in [-0.2, 0) is 9.59 Å². The van der Waals surface area contributed by atoms with E-state index in [-0.39, 0.29) is 11.2 Å². The first kappa shape index (κ1) is 12.3. The molecule has 0 fully saturated rings. The Labute approximate surface area is 82.1 Å². The Balaban J connectivity index is 3.92. The van der Waals surface area contributed by atoms with Gasteiger partial charge in [-0.25, -0.2) is 0 Å². The number of carbonyl (C=O) groups is 2. The van der Waals surface area contributed by atoms with E-state index in [0.29, 0.717) is 6.54 Å². The van der Waals surface area contributed by atoms with E-state index in [9.17, 15) is 9.59 Å². The zero-order valence-corrected chi connectivity index (χ0v) is 8.85. The lowest BCUT2D eigenvalue weighted by Crippen LogP contribution is -2.32. The fourth-order valence-corrected chi connectivity index (χ4v) is 1.68. The summed E-state index contributed by atoms with van der Waals surface area (Å²) in [4.78, 5) is 21.6. The second-order valence-corrected chi connectivity index (χ2v) is 4.34. The molecule has 0 saturated heterocycles. The molecule has 5 heteroatoms. The van der Waals surface area contributed by atoms with Crippen LogP contribution in [0.3, 0.4) is 0 Å². The molecule has 0 aliphatic heterocycles. The van der Waals surface area contributed by atoms with Crippen molar-refractivity contribution in [2.24, 2.45) is 0 Å². The lowest BCUT2D eigenvalue weighted by atomic mass is 10.4. The van der Waals surface area contributed by atoms with Gasteiger partial charge in [0, 0.05) is 6.54 Å². The van der Waals surface area contributed by atoms with E-state index < -0.39 is 11.2 Å². The molecule has 0 spiro atoms. The number of nitrogens with one attached hydrogen (secondary N) is 1. The molecule has 0 radical (unpaired) electrons. The van der Waals surface area contributed by atoms with Gasteiger partial charge in [-0.1, -0.05) is 0 Å². The zero-order chi connectivity index (χ0) is 10.4. The fourth-order valence-electron chi connectivity index (χ4n) is 0.744. The van der Waals surface area contributed by atoms with E-state index in [0.717, 1.165) is 11.8 Å². The SMILES string of the molecule is CCNC(=O)[C@@H](C)S[C@H](C)C(=O)O. The minimum Gasteiger partial charge on any atom is -0.480 e. The van der Waals surface area contributed by atoms with E-state index >= 15 is 0 Å². The molecule has 0 saturated carbocycles. The molecule has 0 aromatic carbocycles. The molecular weight excluding hydrogens is 190 g/mol. The molecule has 13 heavy (non-hydrogen) atoms. The second kappa shape index (κ2) is 5.85. The van der Waals surface area contributed by atoms with Gasteiger partial charge in [0.25, 0.3) is 0 Å². The van der Waals surface area contributed by atoms with Crippen molar-refractivity contribution >= 4 is 23.6 Å². The van der Waals surface area contributed by atoms with Gasteiger partial charge in [-0.2, -0.15) is 0 Å². The van der Waals surface area contributed by atoms with Gasteiger partial charge in [-0.3, -0.25) is 9.59 Å². The van der Waals surface area contributed by atoms with Crippen molar-refractivity contribution in [2.75, 3.05) is 6.54 Å². The van der Waals surface area contributed by atoms with Crippen LogP contribution in [0, 0.1) is 0 Å². The summed E-state index contributed by atoms with van der Waals surface area (Å²) < 4.78 is 0. The highest BCUT2D eigenvalue weighted by Gasteiger charge is 2.20. The van der Waals surface area contributed by atoms with Gasteiger partial charge in [0.05, 0.1) is 5.25 Å². The van der Waals surface area contributed by atoms with Gasteiger partial charge >= 0.3 is 5.97 Å². The smallest absolute Gasteiger partial charge is 0.316 e. The van der Waals surface area contributed by atoms with Crippen LogP contribution in [0.4, 0.5) is 0 Å². The van der Waals surface area contributed by atoms with E-state index in [1.165, 1.54) is 0 Å². The van der Waals surface area contributed by atoms with Crippen molar-refractivity contribution in [1.82, 2.24) is 5.32 Å². The quantitative estimate of drug-likeness (QED) is 0.694. The summed E-state index contributed by atoms with van der Waals surface area (Å²) in [6.45, 7) is 5.68. The Kier molecular flexibility index (Phi) is 5.53. The molecule has 0 aliphatic carbocycles. The molecule has 76 valence electrons. The van der Waals surface area contributed by atoms with Crippen molar-refractivity contribution in [3.05, 3.63) is 0 Å². The summed E-state index contributed by atoms with van der Waals surface area (Å²) in [5, 5.41) is 10.4. The molecule has 2 atom stereocenters. The third-order valence-corrected chi connectivity index (χ3v) is 2.71. The summed E-state index contributed by atoms with van der Waals surface area (Å²) >= 11 is 1.14. The second-order valence-electron chi connectivity index (χ2n) is 2.65. The van der Waals surface area contributed by atoms with Gasteiger partial charge < -0.3 is 10.4 Å². The number of carboxylic acids is 1. The van der Waals surface area contributed by atoms with Crippen LogP contribution in [0.25, 0.3) is 0 Å². The van der Waals surface area contributed by atoms with Crippen molar-refractivity contribution in [3.63, 3.8) is 0 Å². The standard InChI is InChI=1S/C8H15NO3S/c1-4-9-7(10)5(2)13-6(3)8(11)12/h5-6H,4H2,1-3H3,(H,9,10)(H,11,12)/t5-,6-/m1/s1. The first-order valence-electron chi connectivity index (χ1n) is 4.15. The topological polar surface area (TPSA) is 66.4 Å². The van der Waals surface area contributed by atoms with E-state index in [1.807, 2.05) is 6.92 Å². The van der Waals surface area contributed by atoms with Gasteiger partial charge in [-0.05, 0) is 20.8 Å². The van der Waals surface area contributed by atoms with Crippen molar-refractivity contribution in [3.8, 4) is 0 Å². The molecule has 2 N–H and O–H groups in total. The Morgan fingerprint density at radius 1 is 1.38 bits per heavy atom. The number of rotatable bonds is 5. The molecule has 0 bridgehead atoms.